The Labute approximate surface area is 258 Å². The monoisotopic (exact) mass is 578 g/mol. The van der Waals surface area contributed by atoms with Crippen molar-refractivity contribution >= 4 is 60.2 Å². The summed E-state index contributed by atoms with van der Waals surface area (Å²) >= 11 is 0. The van der Waals surface area contributed by atoms with E-state index in [4.69, 9.17) is 9.15 Å². The Morgan fingerprint density at radius 3 is 2.24 bits per heavy atom. The number of hydrogen-bond acceptors (Lipinski definition) is 3. The van der Waals surface area contributed by atoms with E-state index < -0.39 is 0 Å². The van der Waals surface area contributed by atoms with E-state index in [9.17, 15) is 0 Å². The summed E-state index contributed by atoms with van der Waals surface area (Å²) in [7, 11) is 0. The fraction of sp³-hybridized carbons (Fsp3) is 0.0244. The normalized spacial score (nSPS) is 14.4. The predicted octanol–water partition coefficient (Wildman–Crippen LogP) is 11.0. The molecule has 4 nitrogen and oxygen atoms in total. The van der Waals surface area contributed by atoms with Gasteiger partial charge in [0.15, 0.2) is 12.0 Å². The van der Waals surface area contributed by atoms with Crippen molar-refractivity contribution in [3.8, 4) is 22.6 Å². The summed E-state index contributed by atoms with van der Waals surface area (Å²) < 4.78 is 15.1. The summed E-state index contributed by atoms with van der Waals surface area (Å²) in [6.45, 7) is 0. The first-order valence-corrected chi connectivity index (χ1v) is 15.3. The van der Waals surface area contributed by atoms with Gasteiger partial charge >= 0.3 is 0 Å². The number of fused-ring (bicyclic) bond motifs is 10. The van der Waals surface area contributed by atoms with Gasteiger partial charge in [-0.25, -0.2) is 0 Å². The van der Waals surface area contributed by atoms with Gasteiger partial charge in [0.1, 0.15) is 11.2 Å². The summed E-state index contributed by atoms with van der Waals surface area (Å²) in [5.41, 5.74) is 9.72. The molecule has 4 heteroatoms. The van der Waals surface area contributed by atoms with Gasteiger partial charge in [0.2, 0.25) is 0 Å². The molecule has 1 aliphatic rings. The first-order chi connectivity index (χ1) is 22.3. The predicted molar refractivity (Wildman–Crippen MR) is 184 cm³/mol. The van der Waals surface area contributed by atoms with Crippen molar-refractivity contribution in [2.24, 2.45) is 0 Å². The first-order valence-electron chi connectivity index (χ1n) is 15.3. The molecule has 2 aromatic heterocycles. The van der Waals surface area contributed by atoms with Crippen molar-refractivity contribution in [1.29, 1.82) is 0 Å². The number of anilines is 1. The Bertz CT molecular complexity index is 2590. The topological polar surface area (TPSA) is 39.3 Å². The number of aromatic nitrogens is 1. The number of furan rings is 1. The molecule has 1 unspecified atom stereocenters. The lowest BCUT2D eigenvalue weighted by Gasteiger charge is -2.13. The highest BCUT2D eigenvalue weighted by atomic mass is 16.5. The molecule has 7 aromatic carbocycles. The van der Waals surface area contributed by atoms with E-state index in [1.165, 1.54) is 43.7 Å². The molecule has 0 fully saturated rings. The van der Waals surface area contributed by atoms with Crippen LogP contribution >= 0.6 is 0 Å². The molecule has 1 aliphatic heterocycles. The zero-order chi connectivity index (χ0) is 29.5. The molecule has 1 N–H and O–H groups in total. The molecule has 0 saturated heterocycles. The molecule has 1 atom stereocenters. The minimum atomic E-state index is -0.282. The Hall–Kier alpha value is -6.00. The third kappa shape index (κ3) is 3.54. The van der Waals surface area contributed by atoms with Gasteiger partial charge in [-0.05, 0) is 52.9 Å². The lowest BCUT2D eigenvalue weighted by Crippen LogP contribution is -2.09. The van der Waals surface area contributed by atoms with Crippen molar-refractivity contribution < 1.29 is 9.15 Å². The van der Waals surface area contributed by atoms with E-state index in [-0.39, 0.29) is 6.23 Å². The van der Waals surface area contributed by atoms with E-state index in [1.807, 2.05) is 30.3 Å². The smallest absolute Gasteiger partial charge is 0.196 e. The van der Waals surface area contributed by atoms with E-state index in [2.05, 4.69) is 125 Å². The Balaban J connectivity index is 1.10. The van der Waals surface area contributed by atoms with Crippen LogP contribution in [0.4, 0.5) is 5.69 Å². The van der Waals surface area contributed by atoms with E-state index in [0.29, 0.717) is 0 Å². The van der Waals surface area contributed by atoms with Crippen LogP contribution in [0.2, 0.25) is 0 Å². The number of rotatable bonds is 3. The third-order valence-corrected chi connectivity index (χ3v) is 9.23. The highest BCUT2D eigenvalue weighted by Crippen LogP contribution is 2.47. The Morgan fingerprint density at radius 2 is 1.36 bits per heavy atom. The molecule has 0 aliphatic carbocycles. The zero-order valence-electron chi connectivity index (χ0n) is 24.2. The van der Waals surface area contributed by atoms with Gasteiger partial charge in [-0.2, -0.15) is 0 Å². The minimum Gasteiger partial charge on any atom is -0.464 e. The Morgan fingerprint density at radius 1 is 0.556 bits per heavy atom. The van der Waals surface area contributed by atoms with E-state index >= 15 is 0 Å². The first kappa shape index (κ1) is 24.4. The maximum atomic E-state index is 6.56. The summed E-state index contributed by atoms with van der Waals surface area (Å²) in [5.74, 6) is 0.845. The maximum absolute atomic E-state index is 6.56. The van der Waals surface area contributed by atoms with Crippen LogP contribution in [0.5, 0.6) is 5.75 Å². The van der Waals surface area contributed by atoms with Crippen LogP contribution in [-0.4, -0.2) is 4.57 Å². The largest absolute Gasteiger partial charge is 0.464 e. The second-order valence-electron chi connectivity index (χ2n) is 11.7. The highest BCUT2D eigenvalue weighted by Gasteiger charge is 2.28. The van der Waals surface area contributed by atoms with Gasteiger partial charge in [0, 0.05) is 32.8 Å². The Kier molecular flexibility index (Phi) is 5.02. The van der Waals surface area contributed by atoms with Gasteiger partial charge in [0.25, 0.3) is 0 Å². The van der Waals surface area contributed by atoms with Gasteiger partial charge < -0.3 is 19.0 Å². The number of ether oxygens (including phenoxy) is 1. The molecule has 3 heterocycles. The number of para-hydroxylation sites is 2. The molecule has 0 saturated carbocycles. The van der Waals surface area contributed by atoms with Gasteiger partial charge in [-0.15, -0.1) is 0 Å². The minimum absolute atomic E-state index is 0.282. The SMILES string of the molecule is c1ccc(-n2c3cccc(-c4ccc(C5Nc6ccc7oc8ccccc8c7c6O5)cc4)c3c3ccc4ccccc4c32)cc1. The van der Waals surface area contributed by atoms with Crippen LogP contribution in [-0.2, 0) is 0 Å². The second-order valence-corrected chi connectivity index (χ2v) is 11.7. The van der Waals surface area contributed by atoms with Crippen molar-refractivity contribution in [3.05, 3.63) is 151 Å². The molecule has 0 radical (unpaired) electrons. The van der Waals surface area contributed by atoms with Crippen LogP contribution in [0.3, 0.4) is 0 Å². The number of nitrogens with one attached hydrogen (secondary N) is 1. The average molecular weight is 579 g/mol. The zero-order valence-corrected chi connectivity index (χ0v) is 24.2. The van der Waals surface area contributed by atoms with Gasteiger partial charge in [0.05, 0.1) is 22.1 Å². The molecule has 45 heavy (non-hydrogen) atoms. The average Bonchev–Trinajstić information content (AvgIpc) is 3.80. The molecular formula is C41H26N2O2. The van der Waals surface area contributed by atoms with Crippen molar-refractivity contribution in [1.82, 2.24) is 4.57 Å². The molecular weight excluding hydrogens is 552 g/mol. The number of hydrogen-bond donors (Lipinski definition) is 1. The molecule has 0 spiro atoms. The molecule has 9 aromatic rings. The molecule has 0 amide bonds. The molecule has 0 bridgehead atoms. The molecule has 10 rings (SSSR count). The van der Waals surface area contributed by atoms with Crippen LogP contribution in [0.25, 0.3) is 71.3 Å². The van der Waals surface area contributed by atoms with Crippen molar-refractivity contribution in [3.63, 3.8) is 0 Å². The van der Waals surface area contributed by atoms with E-state index in [1.54, 1.807) is 0 Å². The number of benzene rings is 7. The van der Waals surface area contributed by atoms with E-state index in [0.717, 1.165) is 44.6 Å². The number of nitrogens with zero attached hydrogens (tertiary/aromatic N) is 1. The molecule has 212 valence electrons. The summed E-state index contributed by atoms with van der Waals surface area (Å²) in [6.07, 6.45) is -0.282. The van der Waals surface area contributed by atoms with Crippen LogP contribution in [0.15, 0.2) is 150 Å². The summed E-state index contributed by atoms with van der Waals surface area (Å²) in [4.78, 5) is 0. The fourth-order valence-electron chi connectivity index (χ4n) is 7.21. The fourth-order valence-corrected chi connectivity index (χ4v) is 7.21. The van der Waals surface area contributed by atoms with Gasteiger partial charge in [-0.1, -0.05) is 109 Å². The van der Waals surface area contributed by atoms with Crippen LogP contribution < -0.4 is 10.1 Å². The van der Waals surface area contributed by atoms with Gasteiger partial charge in [-0.3, -0.25) is 0 Å². The lowest BCUT2D eigenvalue weighted by atomic mass is 9.97. The van der Waals surface area contributed by atoms with Crippen LogP contribution in [0.1, 0.15) is 11.8 Å². The maximum Gasteiger partial charge on any atom is 0.196 e. The summed E-state index contributed by atoms with van der Waals surface area (Å²) in [6, 6.07) is 51.5. The third-order valence-electron chi connectivity index (χ3n) is 9.23. The summed E-state index contributed by atoms with van der Waals surface area (Å²) in [5, 5.41) is 10.7. The van der Waals surface area contributed by atoms with Crippen molar-refractivity contribution in [2.45, 2.75) is 6.23 Å². The quantitative estimate of drug-likeness (QED) is 0.227. The second kappa shape index (κ2) is 9.25. The van der Waals surface area contributed by atoms with Crippen LogP contribution in [0, 0.1) is 0 Å². The lowest BCUT2D eigenvalue weighted by molar-refractivity contribution is 0.263. The van der Waals surface area contributed by atoms with Crippen molar-refractivity contribution in [2.75, 3.05) is 5.32 Å². The standard InChI is InChI=1S/C41H26N2O2/c1-2-10-28(11-3-1)43-34-15-8-14-29(37(34)32-22-21-25-9-4-5-12-30(25)39(32)43)26-17-19-27(20-18-26)41-42-33-23-24-36-38(40(33)45-41)31-13-6-7-16-35(31)44-36/h1-24,41-42H. The highest BCUT2D eigenvalue weighted by molar-refractivity contribution is 6.22.